The Balaban J connectivity index is 2.96. The summed E-state index contributed by atoms with van der Waals surface area (Å²) in [4.78, 5) is 11.5. The SMILES string of the molecule is CCCc1nc(NCC)cc(N(C)C(C)CSC)n1. The Morgan fingerprint density at radius 3 is 2.68 bits per heavy atom. The number of anilines is 2. The predicted molar refractivity (Wildman–Crippen MR) is 86.4 cm³/mol. The first-order chi connectivity index (χ1) is 9.12. The molecule has 0 spiro atoms. The minimum atomic E-state index is 0.467. The van der Waals surface area contributed by atoms with Crippen LogP contribution in [-0.4, -0.2) is 41.6 Å². The normalized spacial score (nSPS) is 12.3. The van der Waals surface area contributed by atoms with E-state index in [9.17, 15) is 0 Å². The van der Waals surface area contributed by atoms with Gasteiger partial charge < -0.3 is 10.2 Å². The molecule has 5 heteroatoms. The zero-order valence-corrected chi connectivity index (χ0v) is 13.5. The van der Waals surface area contributed by atoms with Crippen LogP contribution in [0.2, 0.25) is 0 Å². The van der Waals surface area contributed by atoms with Crippen LogP contribution in [0.3, 0.4) is 0 Å². The van der Waals surface area contributed by atoms with E-state index >= 15 is 0 Å². The van der Waals surface area contributed by atoms with Gasteiger partial charge in [0.2, 0.25) is 0 Å². The minimum Gasteiger partial charge on any atom is -0.370 e. The Bertz CT molecular complexity index is 359. The van der Waals surface area contributed by atoms with Crippen molar-refractivity contribution in [2.24, 2.45) is 0 Å². The lowest BCUT2D eigenvalue weighted by atomic mass is 10.3. The van der Waals surface area contributed by atoms with Crippen LogP contribution in [0.25, 0.3) is 0 Å². The third-order valence-electron chi connectivity index (χ3n) is 3.02. The van der Waals surface area contributed by atoms with Gasteiger partial charge in [-0.25, -0.2) is 9.97 Å². The van der Waals surface area contributed by atoms with Crippen molar-refractivity contribution < 1.29 is 0 Å². The zero-order chi connectivity index (χ0) is 14.3. The first kappa shape index (κ1) is 16.1. The number of aromatic nitrogens is 2. The van der Waals surface area contributed by atoms with E-state index in [4.69, 9.17) is 0 Å². The summed E-state index contributed by atoms with van der Waals surface area (Å²) in [5.74, 6) is 3.97. The molecule has 0 fully saturated rings. The van der Waals surface area contributed by atoms with E-state index in [1.165, 1.54) is 0 Å². The molecule has 0 aliphatic carbocycles. The Morgan fingerprint density at radius 1 is 1.37 bits per heavy atom. The van der Waals surface area contributed by atoms with Crippen molar-refractivity contribution in [2.45, 2.75) is 39.7 Å². The van der Waals surface area contributed by atoms with Crippen LogP contribution < -0.4 is 10.2 Å². The molecule has 0 saturated carbocycles. The van der Waals surface area contributed by atoms with Gasteiger partial charge in [0.15, 0.2) is 0 Å². The Morgan fingerprint density at radius 2 is 2.11 bits per heavy atom. The molecule has 1 aromatic rings. The van der Waals surface area contributed by atoms with E-state index in [0.717, 1.165) is 42.6 Å². The Labute approximate surface area is 121 Å². The van der Waals surface area contributed by atoms with E-state index < -0.39 is 0 Å². The fourth-order valence-corrected chi connectivity index (χ4v) is 2.56. The van der Waals surface area contributed by atoms with E-state index in [-0.39, 0.29) is 0 Å². The summed E-state index contributed by atoms with van der Waals surface area (Å²) in [5, 5.41) is 3.29. The highest BCUT2D eigenvalue weighted by Gasteiger charge is 2.13. The van der Waals surface area contributed by atoms with E-state index in [1.54, 1.807) is 0 Å². The van der Waals surface area contributed by atoms with Crippen molar-refractivity contribution in [3.05, 3.63) is 11.9 Å². The van der Waals surface area contributed by atoms with Gasteiger partial charge in [0.1, 0.15) is 17.5 Å². The van der Waals surface area contributed by atoms with Crippen LogP contribution in [0.1, 0.15) is 33.0 Å². The average Bonchev–Trinajstić information content (AvgIpc) is 2.38. The number of nitrogens with zero attached hydrogens (tertiary/aromatic N) is 3. The number of nitrogens with one attached hydrogen (secondary N) is 1. The van der Waals surface area contributed by atoms with E-state index in [1.807, 2.05) is 17.8 Å². The topological polar surface area (TPSA) is 41.1 Å². The molecule has 1 atom stereocenters. The van der Waals surface area contributed by atoms with Crippen molar-refractivity contribution in [2.75, 3.05) is 35.8 Å². The molecule has 108 valence electrons. The third kappa shape index (κ3) is 4.90. The summed E-state index contributed by atoms with van der Waals surface area (Å²) in [6.45, 7) is 7.35. The van der Waals surface area contributed by atoms with E-state index in [2.05, 4.69) is 54.3 Å². The predicted octanol–water partition coefficient (Wildman–Crippen LogP) is 3.05. The third-order valence-corrected chi connectivity index (χ3v) is 3.84. The molecule has 0 aliphatic rings. The van der Waals surface area contributed by atoms with Gasteiger partial charge >= 0.3 is 0 Å². The zero-order valence-electron chi connectivity index (χ0n) is 12.7. The van der Waals surface area contributed by atoms with Gasteiger partial charge in [-0.15, -0.1) is 0 Å². The van der Waals surface area contributed by atoms with E-state index in [0.29, 0.717) is 6.04 Å². The fourth-order valence-electron chi connectivity index (χ4n) is 1.85. The smallest absolute Gasteiger partial charge is 0.134 e. The summed E-state index contributed by atoms with van der Waals surface area (Å²) in [6, 6.07) is 2.51. The first-order valence-electron chi connectivity index (χ1n) is 6.95. The maximum absolute atomic E-state index is 4.67. The largest absolute Gasteiger partial charge is 0.370 e. The molecular weight excluding hydrogens is 256 g/mol. The quantitative estimate of drug-likeness (QED) is 0.793. The molecular formula is C14H26N4S. The fraction of sp³-hybridized carbons (Fsp3) is 0.714. The molecule has 0 aliphatic heterocycles. The van der Waals surface area contributed by atoms with Gasteiger partial charge in [-0.1, -0.05) is 6.92 Å². The van der Waals surface area contributed by atoms with Crippen molar-refractivity contribution >= 4 is 23.4 Å². The maximum Gasteiger partial charge on any atom is 0.134 e. The summed E-state index contributed by atoms with van der Waals surface area (Å²) in [7, 11) is 2.11. The van der Waals surface area contributed by atoms with Crippen molar-refractivity contribution in [1.29, 1.82) is 0 Å². The molecule has 1 rings (SSSR count). The lowest BCUT2D eigenvalue weighted by Crippen LogP contribution is -2.32. The standard InChI is InChI=1S/C14H26N4S/c1-6-8-12-16-13(15-7-2)9-14(17-12)18(4)11(3)10-19-5/h9,11H,6-8,10H2,1-5H3,(H,15,16,17). The van der Waals surface area contributed by atoms with Gasteiger partial charge in [0, 0.05) is 37.9 Å². The maximum atomic E-state index is 4.67. The summed E-state index contributed by atoms with van der Waals surface area (Å²) in [5.41, 5.74) is 0. The van der Waals surface area contributed by atoms with Gasteiger partial charge in [-0.05, 0) is 26.5 Å². The van der Waals surface area contributed by atoms with Crippen LogP contribution in [0.15, 0.2) is 6.07 Å². The number of aryl methyl sites for hydroxylation is 1. The van der Waals surface area contributed by atoms with Crippen molar-refractivity contribution in [1.82, 2.24) is 9.97 Å². The number of thioether (sulfide) groups is 1. The highest BCUT2D eigenvalue weighted by Crippen LogP contribution is 2.18. The van der Waals surface area contributed by atoms with Crippen molar-refractivity contribution in [3.63, 3.8) is 0 Å². The molecule has 1 heterocycles. The molecule has 0 saturated heterocycles. The van der Waals surface area contributed by atoms with Crippen LogP contribution in [-0.2, 0) is 6.42 Å². The molecule has 1 aromatic heterocycles. The molecule has 4 nitrogen and oxygen atoms in total. The van der Waals surface area contributed by atoms with Crippen LogP contribution in [0.5, 0.6) is 0 Å². The molecule has 1 N–H and O–H groups in total. The summed E-state index contributed by atoms with van der Waals surface area (Å²) < 4.78 is 0. The number of hydrogen-bond acceptors (Lipinski definition) is 5. The Kier molecular flexibility index (Phi) is 6.99. The molecule has 0 radical (unpaired) electrons. The first-order valence-corrected chi connectivity index (χ1v) is 8.35. The van der Waals surface area contributed by atoms with Crippen LogP contribution >= 0.6 is 11.8 Å². The second kappa shape index (κ2) is 8.25. The molecule has 0 aromatic carbocycles. The average molecular weight is 282 g/mol. The second-order valence-electron chi connectivity index (χ2n) is 4.72. The molecule has 0 amide bonds. The molecule has 1 unspecified atom stereocenters. The second-order valence-corrected chi connectivity index (χ2v) is 5.63. The number of rotatable bonds is 8. The molecule has 0 bridgehead atoms. The summed E-state index contributed by atoms with van der Waals surface area (Å²) >= 11 is 1.86. The van der Waals surface area contributed by atoms with Crippen LogP contribution in [0, 0.1) is 0 Å². The van der Waals surface area contributed by atoms with Gasteiger partial charge in [0.25, 0.3) is 0 Å². The van der Waals surface area contributed by atoms with Crippen molar-refractivity contribution in [3.8, 4) is 0 Å². The minimum absolute atomic E-state index is 0.467. The lowest BCUT2D eigenvalue weighted by molar-refractivity contribution is 0.740. The lowest BCUT2D eigenvalue weighted by Gasteiger charge is -2.26. The van der Waals surface area contributed by atoms with Crippen LogP contribution in [0.4, 0.5) is 11.6 Å². The Hall–Kier alpha value is -0.970. The number of hydrogen-bond donors (Lipinski definition) is 1. The highest BCUT2D eigenvalue weighted by atomic mass is 32.2. The van der Waals surface area contributed by atoms with Gasteiger partial charge in [-0.3, -0.25) is 0 Å². The molecule has 19 heavy (non-hydrogen) atoms. The summed E-state index contributed by atoms with van der Waals surface area (Å²) in [6.07, 6.45) is 4.13. The van der Waals surface area contributed by atoms with Gasteiger partial charge in [0.05, 0.1) is 0 Å². The monoisotopic (exact) mass is 282 g/mol. The highest BCUT2D eigenvalue weighted by molar-refractivity contribution is 7.98. The van der Waals surface area contributed by atoms with Gasteiger partial charge in [-0.2, -0.15) is 11.8 Å².